The number of fused-ring (bicyclic) bond motifs is 1. The van der Waals surface area contributed by atoms with Crippen LogP contribution in [0.3, 0.4) is 0 Å². The molecule has 0 fully saturated rings. The lowest BCUT2D eigenvalue weighted by Gasteiger charge is -2.06. The van der Waals surface area contributed by atoms with Gasteiger partial charge in [0.1, 0.15) is 0 Å². The number of hydrogen-bond acceptors (Lipinski definition) is 2. The van der Waals surface area contributed by atoms with Gasteiger partial charge in [0.15, 0.2) is 0 Å². The highest BCUT2D eigenvalue weighted by Crippen LogP contribution is 2.29. The lowest BCUT2D eigenvalue weighted by Crippen LogP contribution is -2.11. The minimum Gasteiger partial charge on any atom is -0.240 e. The standard InChI is InChI=1S/C14H10BrNO2S/c15-13-10-16(14-9-5-4-8-12(13)14)19(17,18)11-6-2-1-3-7-11/h1-10H. The summed E-state index contributed by atoms with van der Waals surface area (Å²) in [7, 11) is -3.56. The van der Waals surface area contributed by atoms with Crippen molar-refractivity contribution in [3.05, 3.63) is 65.3 Å². The maximum Gasteiger partial charge on any atom is 0.268 e. The highest BCUT2D eigenvalue weighted by Gasteiger charge is 2.19. The fourth-order valence-electron chi connectivity index (χ4n) is 2.01. The fourth-order valence-corrected chi connectivity index (χ4v) is 4.08. The zero-order valence-corrected chi connectivity index (χ0v) is 12.2. The van der Waals surface area contributed by atoms with E-state index in [0.29, 0.717) is 5.52 Å². The van der Waals surface area contributed by atoms with Crippen LogP contribution in [0, 0.1) is 0 Å². The summed E-state index contributed by atoms with van der Waals surface area (Å²) in [6.45, 7) is 0. The monoisotopic (exact) mass is 335 g/mol. The van der Waals surface area contributed by atoms with Gasteiger partial charge >= 0.3 is 0 Å². The number of benzene rings is 2. The second-order valence-electron chi connectivity index (χ2n) is 4.11. The Bertz CT molecular complexity index is 838. The molecule has 1 heterocycles. The van der Waals surface area contributed by atoms with E-state index in [4.69, 9.17) is 0 Å². The Kier molecular flexibility index (Phi) is 2.95. The highest BCUT2D eigenvalue weighted by molar-refractivity contribution is 9.10. The predicted octanol–water partition coefficient (Wildman–Crippen LogP) is 3.64. The first-order chi connectivity index (χ1) is 9.10. The maximum absolute atomic E-state index is 12.6. The van der Waals surface area contributed by atoms with Gasteiger partial charge in [-0.25, -0.2) is 12.4 Å². The first-order valence-electron chi connectivity index (χ1n) is 5.67. The molecule has 0 radical (unpaired) electrons. The Morgan fingerprint density at radius 2 is 1.53 bits per heavy atom. The normalized spacial score (nSPS) is 11.8. The first kappa shape index (κ1) is 12.4. The quantitative estimate of drug-likeness (QED) is 0.717. The summed E-state index contributed by atoms with van der Waals surface area (Å²) in [5.74, 6) is 0. The summed E-state index contributed by atoms with van der Waals surface area (Å²) in [4.78, 5) is 0.281. The van der Waals surface area contributed by atoms with Gasteiger partial charge in [-0.1, -0.05) is 36.4 Å². The minimum atomic E-state index is -3.56. The van der Waals surface area contributed by atoms with Gasteiger partial charge in [-0.2, -0.15) is 0 Å². The molecule has 3 rings (SSSR count). The average molecular weight is 336 g/mol. The Morgan fingerprint density at radius 3 is 2.26 bits per heavy atom. The Morgan fingerprint density at radius 1 is 0.895 bits per heavy atom. The molecule has 0 N–H and O–H groups in total. The highest BCUT2D eigenvalue weighted by atomic mass is 79.9. The van der Waals surface area contributed by atoms with E-state index in [9.17, 15) is 8.42 Å². The number of para-hydroxylation sites is 1. The van der Waals surface area contributed by atoms with Crippen LogP contribution in [-0.2, 0) is 10.0 Å². The molecule has 0 spiro atoms. The molecule has 2 aromatic carbocycles. The van der Waals surface area contributed by atoms with Crippen molar-refractivity contribution in [2.45, 2.75) is 4.90 Å². The molecule has 0 amide bonds. The van der Waals surface area contributed by atoms with Gasteiger partial charge in [-0.15, -0.1) is 0 Å². The van der Waals surface area contributed by atoms with E-state index < -0.39 is 10.0 Å². The van der Waals surface area contributed by atoms with Gasteiger partial charge < -0.3 is 0 Å². The second-order valence-corrected chi connectivity index (χ2v) is 6.78. The maximum atomic E-state index is 12.6. The molecule has 0 saturated heterocycles. The summed E-state index contributed by atoms with van der Waals surface area (Å²) in [5, 5.41) is 0.877. The smallest absolute Gasteiger partial charge is 0.240 e. The van der Waals surface area contributed by atoms with Crippen LogP contribution in [0.25, 0.3) is 10.9 Å². The van der Waals surface area contributed by atoms with Crippen LogP contribution in [0.2, 0.25) is 0 Å². The zero-order valence-electron chi connectivity index (χ0n) is 9.82. The number of hydrogen-bond donors (Lipinski definition) is 0. The molecule has 5 heteroatoms. The van der Waals surface area contributed by atoms with Crippen molar-refractivity contribution in [3.8, 4) is 0 Å². The number of halogens is 1. The van der Waals surface area contributed by atoms with E-state index in [1.54, 1.807) is 42.6 Å². The van der Waals surface area contributed by atoms with E-state index in [1.165, 1.54) is 3.97 Å². The van der Waals surface area contributed by atoms with Gasteiger partial charge in [-0.3, -0.25) is 0 Å². The van der Waals surface area contributed by atoms with Crippen molar-refractivity contribution in [3.63, 3.8) is 0 Å². The zero-order chi connectivity index (χ0) is 13.5. The third-order valence-corrected chi connectivity index (χ3v) is 5.25. The van der Waals surface area contributed by atoms with Crippen molar-refractivity contribution in [1.82, 2.24) is 3.97 Å². The third kappa shape index (κ3) is 1.99. The van der Waals surface area contributed by atoms with Gasteiger partial charge in [0.05, 0.1) is 10.4 Å². The first-order valence-corrected chi connectivity index (χ1v) is 7.90. The largest absolute Gasteiger partial charge is 0.268 e. The van der Waals surface area contributed by atoms with Crippen molar-refractivity contribution >= 4 is 36.9 Å². The number of aromatic nitrogens is 1. The predicted molar refractivity (Wildman–Crippen MR) is 78.7 cm³/mol. The molecule has 3 aromatic rings. The van der Waals surface area contributed by atoms with Crippen LogP contribution in [0.15, 0.2) is 70.2 Å². The van der Waals surface area contributed by atoms with Crippen LogP contribution >= 0.6 is 15.9 Å². The van der Waals surface area contributed by atoms with Crippen molar-refractivity contribution in [2.24, 2.45) is 0 Å². The molecule has 0 aliphatic carbocycles. The lowest BCUT2D eigenvalue weighted by atomic mass is 10.3. The fraction of sp³-hybridized carbons (Fsp3) is 0. The van der Waals surface area contributed by atoms with E-state index in [-0.39, 0.29) is 4.90 Å². The van der Waals surface area contributed by atoms with E-state index in [2.05, 4.69) is 15.9 Å². The summed E-state index contributed by atoms with van der Waals surface area (Å²) in [6.07, 6.45) is 1.59. The van der Waals surface area contributed by atoms with Crippen molar-refractivity contribution < 1.29 is 8.42 Å². The van der Waals surface area contributed by atoms with E-state index in [1.807, 2.05) is 18.2 Å². The molecule has 1 aromatic heterocycles. The van der Waals surface area contributed by atoms with Crippen LogP contribution in [-0.4, -0.2) is 12.4 Å². The molecule has 96 valence electrons. The second kappa shape index (κ2) is 4.51. The van der Waals surface area contributed by atoms with E-state index in [0.717, 1.165) is 9.86 Å². The summed E-state index contributed by atoms with van der Waals surface area (Å²) < 4.78 is 27.3. The molecule has 0 atom stereocenters. The number of rotatable bonds is 2. The van der Waals surface area contributed by atoms with Crippen LogP contribution < -0.4 is 0 Å². The van der Waals surface area contributed by atoms with Crippen molar-refractivity contribution in [2.75, 3.05) is 0 Å². The Hall–Kier alpha value is -1.59. The van der Waals surface area contributed by atoms with Gasteiger partial charge in [0.2, 0.25) is 0 Å². The van der Waals surface area contributed by atoms with E-state index >= 15 is 0 Å². The molecule has 3 nitrogen and oxygen atoms in total. The molecule has 0 bridgehead atoms. The third-order valence-electron chi connectivity index (χ3n) is 2.93. The molecular formula is C14H10BrNO2S. The molecule has 0 aliphatic rings. The van der Waals surface area contributed by atoms with Gasteiger partial charge in [0.25, 0.3) is 10.0 Å². The van der Waals surface area contributed by atoms with Crippen LogP contribution in [0.4, 0.5) is 0 Å². The van der Waals surface area contributed by atoms with Crippen LogP contribution in [0.1, 0.15) is 0 Å². The topological polar surface area (TPSA) is 39.1 Å². The summed E-state index contributed by atoms with van der Waals surface area (Å²) in [5.41, 5.74) is 0.665. The minimum absolute atomic E-state index is 0.281. The average Bonchev–Trinajstić information content (AvgIpc) is 2.79. The molecule has 19 heavy (non-hydrogen) atoms. The van der Waals surface area contributed by atoms with Gasteiger partial charge in [0, 0.05) is 16.1 Å². The summed E-state index contributed by atoms with van der Waals surface area (Å²) >= 11 is 3.40. The lowest BCUT2D eigenvalue weighted by molar-refractivity contribution is 0.589. The Labute approximate surface area is 119 Å². The molecule has 0 unspecified atom stereocenters. The summed E-state index contributed by atoms with van der Waals surface area (Å²) in [6, 6.07) is 15.8. The molecular weight excluding hydrogens is 326 g/mol. The molecule has 0 aliphatic heterocycles. The number of nitrogens with zero attached hydrogens (tertiary/aromatic N) is 1. The van der Waals surface area contributed by atoms with Crippen molar-refractivity contribution in [1.29, 1.82) is 0 Å². The molecule has 0 saturated carbocycles. The van der Waals surface area contributed by atoms with Crippen LogP contribution in [0.5, 0.6) is 0 Å². The SMILES string of the molecule is O=S(=O)(c1ccccc1)n1cc(Br)c2ccccc21. The Balaban J connectivity index is 2.31. The van der Waals surface area contributed by atoms with Gasteiger partial charge in [-0.05, 0) is 34.1 Å².